The number of alkyl halides is 3. The number of hydrogen-bond donors (Lipinski definition) is 1. The second kappa shape index (κ2) is 6.37. The minimum absolute atomic E-state index is 0.0885. The van der Waals surface area contributed by atoms with Crippen molar-refractivity contribution in [3.63, 3.8) is 0 Å². The standard InChI is InChI=1S/C8H6F3NO.C7H13NO/c9-8(10,11)6-3-1-2-5(4-6)7(12)13;1-7(2)4-5-8(3)6(7)9/h1-4H,(H2,12,13);4-5H2,1-3H3. The molecular weight excluding hydrogens is 297 g/mol. The molecule has 1 aromatic rings. The van der Waals surface area contributed by atoms with E-state index in [-0.39, 0.29) is 16.9 Å². The molecule has 0 bridgehead atoms. The number of halogens is 3. The highest BCUT2D eigenvalue weighted by atomic mass is 19.4. The van der Waals surface area contributed by atoms with Crippen LogP contribution in [0.5, 0.6) is 0 Å². The lowest BCUT2D eigenvalue weighted by Crippen LogP contribution is -2.27. The summed E-state index contributed by atoms with van der Waals surface area (Å²) in [6.45, 7) is 4.92. The third kappa shape index (κ3) is 4.47. The topological polar surface area (TPSA) is 63.4 Å². The molecule has 0 aliphatic carbocycles. The molecule has 1 fully saturated rings. The largest absolute Gasteiger partial charge is 0.416 e. The van der Waals surface area contributed by atoms with E-state index in [0.717, 1.165) is 31.2 Å². The molecule has 22 heavy (non-hydrogen) atoms. The van der Waals surface area contributed by atoms with E-state index in [1.54, 1.807) is 4.90 Å². The molecule has 0 radical (unpaired) electrons. The summed E-state index contributed by atoms with van der Waals surface area (Å²) >= 11 is 0. The van der Waals surface area contributed by atoms with Crippen LogP contribution in [0.2, 0.25) is 0 Å². The predicted molar refractivity (Wildman–Crippen MR) is 76.0 cm³/mol. The zero-order chi connectivity index (χ0) is 17.1. The van der Waals surface area contributed by atoms with Crippen molar-refractivity contribution >= 4 is 11.8 Å². The highest BCUT2D eigenvalue weighted by Gasteiger charge is 2.36. The smallest absolute Gasteiger partial charge is 0.366 e. The Kier molecular flexibility index (Phi) is 5.22. The molecule has 1 heterocycles. The number of carbonyl (C=O) groups excluding carboxylic acids is 2. The van der Waals surface area contributed by atoms with E-state index in [0.29, 0.717) is 0 Å². The van der Waals surface area contributed by atoms with Crippen LogP contribution < -0.4 is 5.73 Å². The number of carbonyl (C=O) groups is 2. The van der Waals surface area contributed by atoms with Crippen molar-refractivity contribution in [2.45, 2.75) is 26.4 Å². The Labute approximate surface area is 127 Å². The summed E-state index contributed by atoms with van der Waals surface area (Å²) in [7, 11) is 1.86. The lowest BCUT2D eigenvalue weighted by molar-refractivity contribution is -0.137. The van der Waals surface area contributed by atoms with Gasteiger partial charge in [0.25, 0.3) is 0 Å². The molecule has 0 spiro atoms. The number of hydrogen-bond acceptors (Lipinski definition) is 2. The molecule has 4 nitrogen and oxygen atoms in total. The average Bonchev–Trinajstić information content (AvgIpc) is 2.65. The Balaban J connectivity index is 0.000000235. The van der Waals surface area contributed by atoms with Crippen molar-refractivity contribution in [2.24, 2.45) is 11.1 Å². The van der Waals surface area contributed by atoms with Crippen molar-refractivity contribution in [1.82, 2.24) is 4.90 Å². The van der Waals surface area contributed by atoms with Gasteiger partial charge in [0.1, 0.15) is 0 Å². The summed E-state index contributed by atoms with van der Waals surface area (Å²) < 4.78 is 36.2. The van der Waals surface area contributed by atoms with Gasteiger partial charge in [-0.15, -0.1) is 0 Å². The van der Waals surface area contributed by atoms with E-state index in [1.807, 2.05) is 20.9 Å². The quantitative estimate of drug-likeness (QED) is 0.866. The fraction of sp³-hybridized carbons (Fsp3) is 0.467. The summed E-state index contributed by atoms with van der Waals surface area (Å²) in [5.41, 5.74) is 3.72. The fourth-order valence-electron chi connectivity index (χ4n) is 2.02. The van der Waals surface area contributed by atoms with Crippen LogP contribution in [0.1, 0.15) is 36.2 Å². The maximum absolute atomic E-state index is 12.1. The van der Waals surface area contributed by atoms with Crippen molar-refractivity contribution in [3.8, 4) is 0 Å². The van der Waals surface area contributed by atoms with Crippen molar-refractivity contribution in [3.05, 3.63) is 35.4 Å². The predicted octanol–water partition coefficient (Wildman–Crippen LogP) is 2.68. The first-order valence-corrected chi connectivity index (χ1v) is 6.68. The van der Waals surface area contributed by atoms with Crippen LogP contribution in [0, 0.1) is 5.41 Å². The van der Waals surface area contributed by atoms with Crippen LogP contribution in [-0.4, -0.2) is 30.3 Å². The molecule has 7 heteroatoms. The van der Waals surface area contributed by atoms with Crippen molar-refractivity contribution < 1.29 is 22.8 Å². The monoisotopic (exact) mass is 316 g/mol. The van der Waals surface area contributed by atoms with Crippen LogP contribution >= 0.6 is 0 Å². The normalized spacial score (nSPS) is 17.0. The second-order valence-corrected chi connectivity index (χ2v) is 5.80. The van der Waals surface area contributed by atoms with E-state index in [4.69, 9.17) is 5.73 Å². The van der Waals surface area contributed by atoms with Gasteiger partial charge in [-0.25, -0.2) is 0 Å². The Bertz CT molecular complexity index is 568. The van der Waals surface area contributed by atoms with Crippen molar-refractivity contribution in [2.75, 3.05) is 13.6 Å². The summed E-state index contributed by atoms with van der Waals surface area (Å²) in [4.78, 5) is 23.5. The summed E-state index contributed by atoms with van der Waals surface area (Å²) in [6.07, 6.45) is -3.44. The Morgan fingerprint density at radius 1 is 1.32 bits per heavy atom. The lowest BCUT2D eigenvalue weighted by atomic mass is 9.92. The van der Waals surface area contributed by atoms with E-state index in [2.05, 4.69) is 0 Å². The van der Waals surface area contributed by atoms with E-state index >= 15 is 0 Å². The number of rotatable bonds is 1. The summed E-state index contributed by atoms with van der Waals surface area (Å²) in [5.74, 6) is -0.589. The van der Waals surface area contributed by atoms with Gasteiger partial charge >= 0.3 is 6.18 Å². The Morgan fingerprint density at radius 2 is 1.91 bits per heavy atom. The number of benzene rings is 1. The van der Waals surface area contributed by atoms with Gasteiger partial charge in [-0.2, -0.15) is 13.2 Å². The van der Waals surface area contributed by atoms with E-state index in [1.165, 1.54) is 6.07 Å². The first kappa shape index (κ1) is 18.0. The minimum atomic E-state index is -4.44. The molecule has 2 rings (SSSR count). The number of nitrogens with two attached hydrogens (primary N) is 1. The summed E-state index contributed by atoms with van der Waals surface area (Å²) in [6, 6.07) is 3.98. The molecule has 0 saturated carbocycles. The molecule has 1 aliphatic heterocycles. The highest BCUT2D eigenvalue weighted by Crippen LogP contribution is 2.29. The van der Waals surface area contributed by atoms with Gasteiger partial charge in [-0.1, -0.05) is 19.9 Å². The summed E-state index contributed by atoms with van der Waals surface area (Å²) in [5, 5.41) is 0. The number of primary amides is 1. The van der Waals surface area contributed by atoms with Gasteiger partial charge in [-0.3, -0.25) is 9.59 Å². The van der Waals surface area contributed by atoms with Gasteiger partial charge in [0.2, 0.25) is 11.8 Å². The van der Waals surface area contributed by atoms with E-state index in [9.17, 15) is 22.8 Å². The van der Waals surface area contributed by atoms with Crippen LogP contribution in [-0.2, 0) is 11.0 Å². The van der Waals surface area contributed by atoms with Gasteiger partial charge in [0.05, 0.1) is 5.56 Å². The van der Waals surface area contributed by atoms with Crippen LogP contribution in [0.4, 0.5) is 13.2 Å². The molecule has 122 valence electrons. The molecule has 0 unspecified atom stereocenters. The zero-order valence-electron chi connectivity index (χ0n) is 12.7. The van der Waals surface area contributed by atoms with Gasteiger partial charge in [-0.05, 0) is 24.6 Å². The molecule has 1 aromatic carbocycles. The SMILES string of the molecule is CN1CCC(C)(C)C1=O.NC(=O)c1cccc(C(F)(F)F)c1. The molecule has 0 aromatic heterocycles. The highest BCUT2D eigenvalue weighted by molar-refractivity contribution is 5.92. The van der Waals surface area contributed by atoms with Crippen molar-refractivity contribution in [1.29, 1.82) is 0 Å². The molecule has 2 N–H and O–H groups in total. The number of likely N-dealkylation sites (tertiary alicyclic amines) is 1. The maximum Gasteiger partial charge on any atom is 0.416 e. The molecule has 2 amide bonds. The molecular formula is C15H19F3N2O2. The second-order valence-electron chi connectivity index (χ2n) is 5.80. The fourth-order valence-corrected chi connectivity index (χ4v) is 2.02. The molecule has 1 saturated heterocycles. The first-order valence-electron chi connectivity index (χ1n) is 6.68. The number of amides is 2. The Morgan fingerprint density at radius 3 is 2.23 bits per heavy atom. The molecule has 0 atom stereocenters. The third-order valence-electron chi connectivity index (χ3n) is 3.47. The first-order chi connectivity index (χ1) is 9.95. The number of nitrogens with zero attached hydrogens (tertiary/aromatic N) is 1. The maximum atomic E-state index is 12.1. The van der Waals surface area contributed by atoms with Crippen LogP contribution in [0.3, 0.4) is 0 Å². The van der Waals surface area contributed by atoms with Gasteiger partial charge in [0.15, 0.2) is 0 Å². The van der Waals surface area contributed by atoms with E-state index < -0.39 is 17.6 Å². The van der Waals surface area contributed by atoms with Gasteiger partial charge in [0, 0.05) is 24.6 Å². The van der Waals surface area contributed by atoms with Gasteiger partial charge < -0.3 is 10.6 Å². The van der Waals surface area contributed by atoms with Crippen LogP contribution in [0.15, 0.2) is 24.3 Å². The Hall–Kier alpha value is -2.05. The molecule has 1 aliphatic rings. The third-order valence-corrected chi connectivity index (χ3v) is 3.47. The zero-order valence-corrected chi connectivity index (χ0v) is 12.7. The average molecular weight is 316 g/mol. The lowest BCUT2D eigenvalue weighted by Gasteiger charge is -2.14. The van der Waals surface area contributed by atoms with Crippen LogP contribution in [0.25, 0.3) is 0 Å². The minimum Gasteiger partial charge on any atom is -0.366 e.